The Morgan fingerprint density at radius 3 is 2.71 bits per heavy atom. The van der Waals surface area contributed by atoms with E-state index in [-0.39, 0.29) is 18.9 Å². The molecule has 0 unspecified atom stereocenters. The van der Waals surface area contributed by atoms with Crippen LogP contribution in [-0.4, -0.2) is 35.4 Å². The maximum Gasteiger partial charge on any atom is 0.358 e. The predicted octanol–water partition coefficient (Wildman–Crippen LogP) is 3.20. The van der Waals surface area contributed by atoms with Gasteiger partial charge in [0.15, 0.2) is 5.69 Å². The topological polar surface area (TPSA) is 61.3 Å². The van der Waals surface area contributed by atoms with E-state index in [9.17, 15) is 4.79 Å². The number of hydrogen-bond donors (Lipinski definition) is 0. The predicted molar refractivity (Wildman–Crippen MR) is 83.7 cm³/mol. The summed E-state index contributed by atoms with van der Waals surface area (Å²) < 4.78 is 11.1. The number of hydrogen-bond acceptors (Lipinski definition) is 6. The normalized spacial score (nSPS) is 10.2. The van der Waals surface area contributed by atoms with Gasteiger partial charge < -0.3 is 9.47 Å². The van der Waals surface area contributed by atoms with Crippen LogP contribution in [0, 0.1) is 0 Å². The van der Waals surface area contributed by atoms with E-state index in [0.29, 0.717) is 4.47 Å². The van der Waals surface area contributed by atoms with Crippen LogP contribution in [0.3, 0.4) is 0 Å². The molecule has 110 valence electrons. The van der Waals surface area contributed by atoms with Gasteiger partial charge >= 0.3 is 5.97 Å². The molecule has 0 amide bonds. The van der Waals surface area contributed by atoms with Crippen LogP contribution in [0.5, 0.6) is 5.75 Å². The Bertz CT molecular complexity index is 607. The lowest BCUT2D eigenvalue weighted by Gasteiger charge is -2.08. The number of thioether (sulfide) groups is 1. The van der Waals surface area contributed by atoms with Gasteiger partial charge in [0.05, 0.1) is 4.47 Å². The Balaban J connectivity index is 1.76. The summed E-state index contributed by atoms with van der Waals surface area (Å²) in [7, 11) is 0. The van der Waals surface area contributed by atoms with Gasteiger partial charge in [0.2, 0.25) is 0 Å². The molecule has 0 bridgehead atoms. The van der Waals surface area contributed by atoms with Crippen LogP contribution in [0.25, 0.3) is 0 Å². The third kappa shape index (κ3) is 4.71. The number of benzene rings is 1. The minimum atomic E-state index is -0.509. The van der Waals surface area contributed by atoms with Gasteiger partial charge in [0, 0.05) is 11.1 Å². The summed E-state index contributed by atoms with van der Waals surface area (Å²) in [4.78, 5) is 20.6. The molecule has 0 aliphatic rings. The highest BCUT2D eigenvalue weighted by molar-refractivity contribution is 9.10. The van der Waals surface area contributed by atoms with Crippen molar-refractivity contribution in [2.75, 3.05) is 19.5 Å². The summed E-state index contributed by atoms with van der Waals surface area (Å²) in [6, 6.07) is 7.72. The lowest BCUT2D eigenvalue weighted by Crippen LogP contribution is -2.14. The molecule has 1 aromatic carbocycles. The summed E-state index contributed by atoms with van der Waals surface area (Å²) in [5, 5.41) is 0. The van der Waals surface area contributed by atoms with Gasteiger partial charge in [-0.2, -0.15) is 0 Å². The Morgan fingerprint density at radius 1 is 1.29 bits per heavy atom. The third-order valence-electron chi connectivity index (χ3n) is 2.51. The van der Waals surface area contributed by atoms with E-state index in [4.69, 9.17) is 9.47 Å². The molecule has 2 aromatic rings. The number of aromatic nitrogens is 2. The first kappa shape index (κ1) is 15.8. The van der Waals surface area contributed by atoms with Gasteiger partial charge in [0.1, 0.15) is 25.3 Å². The number of rotatable bonds is 6. The summed E-state index contributed by atoms with van der Waals surface area (Å²) in [6.45, 7) is 0.437. The number of ether oxygens (including phenoxy) is 2. The average Bonchev–Trinajstić information content (AvgIpc) is 2.52. The van der Waals surface area contributed by atoms with Crippen molar-refractivity contribution >= 4 is 33.7 Å². The standard InChI is InChI=1S/C14H13BrN2O3S/c1-21-11-4-2-10(3-5-11)19-6-7-20-14(18)13-12(15)8-16-9-17-13/h2-5,8-9H,6-7H2,1H3. The van der Waals surface area contributed by atoms with Crippen molar-refractivity contribution in [3.05, 3.63) is 47.0 Å². The van der Waals surface area contributed by atoms with Crippen molar-refractivity contribution in [2.24, 2.45) is 0 Å². The molecule has 7 heteroatoms. The number of carbonyl (C=O) groups is 1. The van der Waals surface area contributed by atoms with Crippen LogP contribution in [0.4, 0.5) is 0 Å². The summed E-state index contributed by atoms with van der Waals surface area (Å²) in [5.74, 6) is 0.234. The van der Waals surface area contributed by atoms with Gasteiger partial charge in [-0.3, -0.25) is 0 Å². The smallest absolute Gasteiger partial charge is 0.358 e. The maximum atomic E-state index is 11.8. The zero-order valence-corrected chi connectivity index (χ0v) is 13.7. The molecule has 0 aliphatic heterocycles. The van der Waals surface area contributed by atoms with Crippen molar-refractivity contribution in [2.45, 2.75) is 4.90 Å². The number of carbonyl (C=O) groups excluding carboxylic acids is 1. The molecule has 0 spiro atoms. The minimum Gasteiger partial charge on any atom is -0.490 e. The molecule has 1 aromatic heterocycles. The highest BCUT2D eigenvalue weighted by atomic mass is 79.9. The fourth-order valence-corrected chi connectivity index (χ4v) is 2.29. The molecule has 2 rings (SSSR count). The Kier molecular flexibility index (Phi) is 6.01. The molecular weight excluding hydrogens is 356 g/mol. The van der Waals surface area contributed by atoms with Crippen LogP contribution in [-0.2, 0) is 4.74 Å². The van der Waals surface area contributed by atoms with Crippen molar-refractivity contribution in [1.82, 2.24) is 9.97 Å². The molecule has 0 fully saturated rings. The van der Waals surface area contributed by atoms with Gasteiger partial charge in [-0.25, -0.2) is 14.8 Å². The van der Waals surface area contributed by atoms with E-state index in [1.54, 1.807) is 11.8 Å². The molecule has 0 saturated carbocycles. The third-order valence-corrected chi connectivity index (χ3v) is 3.83. The molecule has 0 aliphatic carbocycles. The monoisotopic (exact) mass is 368 g/mol. The summed E-state index contributed by atoms with van der Waals surface area (Å²) >= 11 is 4.86. The average molecular weight is 369 g/mol. The lowest BCUT2D eigenvalue weighted by atomic mass is 10.3. The van der Waals surface area contributed by atoms with Crippen molar-refractivity contribution in [3.63, 3.8) is 0 Å². The van der Waals surface area contributed by atoms with Gasteiger partial charge in [-0.15, -0.1) is 11.8 Å². The van der Waals surface area contributed by atoms with E-state index < -0.39 is 5.97 Å². The summed E-state index contributed by atoms with van der Waals surface area (Å²) in [6.07, 6.45) is 4.80. The largest absolute Gasteiger partial charge is 0.490 e. The molecule has 0 radical (unpaired) electrons. The molecule has 21 heavy (non-hydrogen) atoms. The Hall–Kier alpha value is -1.60. The van der Waals surface area contributed by atoms with Gasteiger partial charge in [-0.1, -0.05) is 0 Å². The molecule has 0 saturated heterocycles. The van der Waals surface area contributed by atoms with Crippen LogP contribution in [0.15, 0.2) is 46.2 Å². The zero-order valence-electron chi connectivity index (χ0n) is 11.3. The number of esters is 1. The van der Waals surface area contributed by atoms with E-state index in [1.807, 2.05) is 30.5 Å². The lowest BCUT2D eigenvalue weighted by molar-refractivity contribution is 0.0442. The van der Waals surface area contributed by atoms with E-state index in [2.05, 4.69) is 25.9 Å². The zero-order chi connectivity index (χ0) is 15.1. The quantitative estimate of drug-likeness (QED) is 0.443. The van der Waals surface area contributed by atoms with Crippen molar-refractivity contribution in [1.29, 1.82) is 0 Å². The first-order chi connectivity index (χ1) is 10.2. The first-order valence-electron chi connectivity index (χ1n) is 6.10. The highest BCUT2D eigenvalue weighted by Crippen LogP contribution is 2.19. The molecule has 1 heterocycles. The fraction of sp³-hybridized carbons (Fsp3) is 0.214. The van der Waals surface area contributed by atoms with Crippen LogP contribution in [0.1, 0.15) is 10.5 Å². The van der Waals surface area contributed by atoms with E-state index in [1.165, 1.54) is 17.4 Å². The molecule has 5 nitrogen and oxygen atoms in total. The maximum absolute atomic E-state index is 11.8. The second-order valence-electron chi connectivity index (χ2n) is 3.88. The van der Waals surface area contributed by atoms with Crippen LogP contribution < -0.4 is 4.74 Å². The number of halogens is 1. The minimum absolute atomic E-state index is 0.152. The second kappa shape index (κ2) is 7.99. The molecule has 0 N–H and O–H groups in total. The van der Waals surface area contributed by atoms with Crippen molar-refractivity contribution < 1.29 is 14.3 Å². The first-order valence-corrected chi connectivity index (χ1v) is 8.12. The second-order valence-corrected chi connectivity index (χ2v) is 5.61. The van der Waals surface area contributed by atoms with Crippen LogP contribution in [0.2, 0.25) is 0 Å². The molecular formula is C14H13BrN2O3S. The van der Waals surface area contributed by atoms with E-state index in [0.717, 1.165) is 5.75 Å². The van der Waals surface area contributed by atoms with Crippen molar-refractivity contribution in [3.8, 4) is 5.75 Å². The number of nitrogens with zero attached hydrogens (tertiary/aromatic N) is 2. The fourth-order valence-electron chi connectivity index (χ4n) is 1.50. The van der Waals surface area contributed by atoms with Gasteiger partial charge in [0.25, 0.3) is 0 Å². The highest BCUT2D eigenvalue weighted by Gasteiger charge is 2.12. The SMILES string of the molecule is CSc1ccc(OCCOC(=O)c2ncncc2Br)cc1. The Morgan fingerprint density at radius 2 is 2.05 bits per heavy atom. The van der Waals surface area contributed by atoms with Gasteiger partial charge in [-0.05, 0) is 46.5 Å². The molecule has 0 atom stereocenters. The Labute approximate surface area is 135 Å². The summed E-state index contributed by atoms with van der Waals surface area (Å²) in [5.41, 5.74) is 0.203. The van der Waals surface area contributed by atoms with Crippen LogP contribution >= 0.6 is 27.7 Å². The van der Waals surface area contributed by atoms with E-state index >= 15 is 0 Å².